The fraction of sp³-hybridized carbons (Fsp3) is 0.182. The van der Waals surface area contributed by atoms with E-state index in [0.717, 1.165) is 36.5 Å². The van der Waals surface area contributed by atoms with Crippen molar-refractivity contribution in [3.8, 4) is 23.4 Å². The van der Waals surface area contributed by atoms with Crippen LogP contribution < -0.4 is 4.72 Å². The van der Waals surface area contributed by atoms with Crippen LogP contribution in [0.15, 0.2) is 59.9 Å². The molecule has 1 N–H and O–H groups in total. The van der Waals surface area contributed by atoms with E-state index in [1.54, 1.807) is 0 Å². The zero-order valence-electron chi connectivity index (χ0n) is 18.5. The first-order valence-electron chi connectivity index (χ1n) is 10.2. The molecule has 0 bridgehead atoms. The Hall–Kier alpha value is -4.03. The summed E-state index contributed by atoms with van der Waals surface area (Å²) in [6, 6.07) is 5.81. The Morgan fingerprint density at radius 2 is 1.70 bits per heavy atom. The van der Waals surface area contributed by atoms with Gasteiger partial charge in [-0.2, -0.15) is 36.3 Å². The zero-order chi connectivity index (χ0) is 27.2. The first-order valence-corrected chi connectivity index (χ1v) is 11.7. The number of nitriles is 1. The van der Waals surface area contributed by atoms with Gasteiger partial charge in [-0.25, -0.2) is 18.4 Å². The summed E-state index contributed by atoms with van der Waals surface area (Å²) in [6.45, 7) is 0.631. The van der Waals surface area contributed by atoms with E-state index >= 15 is 0 Å². The lowest BCUT2D eigenvalue weighted by atomic mass is 10.1. The van der Waals surface area contributed by atoms with Gasteiger partial charge in [0.1, 0.15) is 17.0 Å². The van der Waals surface area contributed by atoms with Crippen molar-refractivity contribution in [2.24, 2.45) is 0 Å². The van der Waals surface area contributed by atoms with Crippen molar-refractivity contribution in [3.05, 3.63) is 66.1 Å². The molecule has 192 valence electrons. The maximum Gasteiger partial charge on any atom is 0.416 e. The second-order valence-electron chi connectivity index (χ2n) is 7.71. The molecule has 0 saturated heterocycles. The minimum Gasteiger partial charge on any atom is -0.275 e. The van der Waals surface area contributed by atoms with E-state index in [-0.39, 0.29) is 33.8 Å². The molecule has 0 radical (unpaired) electrons. The van der Waals surface area contributed by atoms with Crippen LogP contribution >= 0.6 is 0 Å². The molecule has 1 aromatic carbocycles. The normalized spacial score (nSPS) is 13.5. The van der Waals surface area contributed by atoms with E-state index in [2.05, 4.69) is 15.0 Å². The molecule has 0 aliphatic heterocycles. The Bertz CT molecular complexity index is 1610. The van der Waals surface area contributed by atoms with Gasteiger partial charge in [0.2, 0.25) is 16.0 Å². The number of rotatable bonds is 5. The summed E-state index contributed by atoms with van der Waals surface area (Å²) in [4.78, 5) is 11.6. The van der Waals surface area contributed by atoms with Crippen LogP contribution in [0.4, 0.5) is 26.3 Å². The van der Waals surface area contributed by atoms with Crippen LogP contribution in [0.1, 0.15) is 18.1 Å². The number of nitrogens with zero attached hydrogens (tertiary/aromatic N) is 5. The highest BCUT2D eigenvalue weighted by Crippen LogP contribution is 2.38. The highest BCUT2D eigenvalue weighted by molar-refractivity contribution is 7.89. The molecule has 0 amide bonds. The number of nitrogens with one attached hydrogen (secondary N) is 1. The Kier molecular flexibility index (Phi) is 6.42. The summed E-state index contributed by atoms with van der Waals surface area (Å²) < 4.78 is 106. The third-order valence-corrected chi connectivity index (χ3v) is 6.80. The second kappa shape index (κ2) is 9.12. The van der Waals surface area contributed by atoms with Gasteiger partial charge in [0, 0.05) is 24.0 Å². The summed E-state index contributed by atoms with van der Waals surface area (Å²) in [6.07, 6.45) is -6.01. The number of sulfonamides is 1. The van der Waals surface area contributed by atoms with E-state index in [9.17, 15) is 40.0 Å². The van der Waals surface area contributed by atoms with Crippen LogP contribution in [-0.2, 0) is 16.2 Å². The highest BCUT2D eigenvalue weighted by Gasteiger charge is 2.39. The number of halogens is 6. The average molecular weight is 540 g/mol. The topological polar surface area (TPSA) is 114 Å². The Morgan fingerprint density at radius 1 is 1.03 bits per heavy atom. The highest BCUT2D eigenvalue weighted by atomic mass is 32.2. The second-order valence-corrected chi connectivity index (χ2v) is 9.43. The van der Waals surface area contributed by atoms with Crippen molar-refractivity contribution in [1.82, 2.24) is 24.2 Å². The quantitative estimate of drug-likeness (QED) is 0.370. The lowest BCUT2D eigenvalue weighted by molar-refractivity contribution is -0.147. The monoisotopic (exact) mass is 540 g/mol. The third kappa shape index (κ3) is 4.98. The van der Waals surface area contributed by atoms with Gasteiger partial charge < -0.3 is 0 Å². The molecular formula is C22H14F6N6O2S. The molecule has 1 atom stereocenters. The van der Waals surface area contributed by atoms with Gasteiger partial charge in [0.25, 0.3) is 0 Å². The summed E-state index contributed by atoms with van der Waals surface area (Å²) in [5.41, 5.74) is -1.18. The SMILES string of the molecule is CC(NS(=O)(=O)c1ccc(-c2c(C#N)c3cc(C(F)(F)F)ccc3n2-c2ncccn2)nc1)C(F)(F)F. The molecule has 4 rings (SSSR count). The number of fused-ring (bicyclic) bond motifs is 1. The molecule has 0 fully saturated rings. The van der Waals surface area contributed by atoms with Crippen molar-refractivity contribution in [2.45, 2.75) is 30.2 Å². The number of aromatic nitrogens is 4. The number of alkyl halides is 6. The van der Waals surface area contributed by atoms with E-state index in [1.807, 2.05) is 6.07 Å². The molecule has 15 heteroatoms. The van der Waals surface area contributed by atoms with Gasteiger partial charge in [-0.15, -0.1) is 0 Å². The van der Waals surface area contributed by atoms with Gasteiger partial charge in [-0.3, -0.25) is 9.55 Å². The fourth-order valence-corrected chi connectivity index (χ4v) is 4.66. The molecule has 0 aliphatic rings. The van der Waals surface area contributed by atoms with E-state index in [1.165, 1.54) is 27.7 Å². The third-order valence-electron chi connectivity index (χ3n) is 5.27. The molecule has 0 spiro atoms. The molecule has 4 aromatic rings. The largest absolute Gasteiger partial charge is 0.416 e. The molecule has 37 heavy (non-hydrogen) atoms. The van der Waals surface area contributed by atoms with Crippen LogP contribution in [0.3, 0.4) is 0 Å². The van der Waals surface area contributed by atoms with Crippen molar-refractivity contribution in [2.75, 3.05) is 0 Å². The van der Waals surface area contributed by atoms with Crippen molar-refractivity contribution >= 4 is 20.9 Å². The molecule has 3 aromatic heterocycles. The predicted molar refractivity (Wildman–Crippen MR) is 118 cm³/mol. The lowest BCUT2D eigenvalue weighted by Gasteiger charge is -2.17. The van der Waals surface area contributed by atoms with E-state index < -0.39 is 38.9 Å². The Morgan fingerprint density at radius 3 is 2.24 bits per heavy atom. The number of benzene rings is 1. The van der Waals surface area contributed by atoms with Gasteiger partial charge in [-0.1, -0.05) is 0 Å². The first kappa shape index (κ1) is 26.0. The number of hydrogen-bond donors (Lipinski definition) is 1. The first-order chi connectivity index (χ1) is 17.2. The minimum atomic E-state index is -4.83. The van der Waals surface area contributed by atoms with Gasteiger partial charge in [0.15, 0.2) is 0 Å². The van der Waals surface area contributed by atoms with Crippen LogP contribution in [0.5, 0.6) is 0 Å². The van der Waals surface area contributed by atoms with Crippen molar-refractivity contribution in [1.29, 1.82) is 5.26 Å². The summed E-state index contributed by atoms with van der Waals surface area (Å²) >= 11 is 0. The van der Waals surface area contributed by atoms with Gasteiger partial charge in [-0.05, 0) is 43.3 Å². The molecule has 0 saturated carbocycles. The lowest BCUT2D eigenvalue weighted by Crippen LogP contribution is -2.42. The summed E-state index contributed by atoms with van der Waals surface area (Å²) in [7, 11) is -4.62. The maximum absolute atomic E-state index is 13.4. The Balaban J connectivity index is 1.91. The standard InChI is InChI=1S/C22H14F6N6O2S/c1-12(21(23,24)25)33-37(35,36)14-4-5-17(32-11-14)19-16(10-29)15-9-13(22(26,27)28)3-6-18(15)34(19)20-30-7-2-8-31-20/h2-9,11-12,33H,1H3. The zero-order valence-corrected chi connectivity index (χ0v) is 19.3. The molecule has 8 nitrogen and oxygen atoms in total. The maximum atomic E-state index is 13.4. The predicted octanol–water partition coefficient (Wildman–Crippen LogP) is 4.60. The van der Waals surface area contributed by atoms with Crippen LogP contribution in [0.2, 0.25) is 0 Å². The van der Waals surface area contributed by atoms with E-state index in [4.69, 9.17) is 0 Å². The van der Waals surface area contributed by atoms with Crippen LogP contribution in [0, 0.1) is 11.3 Å². The molecule has 3 heterocycles. The molecule has 0 aliphatic carbocycles. The van der Waals surface area contributed by atoms with Crippen molar-refractivity contribution < 1.29 is 34.8 Å². The Labute approximate surface area is 205 Å². The van der Waals surface area contributed by atoms with Crippen molar-refractivity contribution in [3.63, 3.8) is 0 Å². The smallest absolute Gasteiger partial charge is 0.275 e. The van der Waals surface area contributed by atoms with Gasteiger partial charge >= 0.3 is 12.4 Å². The summed E-state index contributed by atoms with van der Waals surface area (Å²) in [5, 5.41) is 9.78. The molecular weight excluding hydrogens is 526 g/mol. The summed E-state index contributed by atoms with van der Waals surface area (Å²) in [5.74, 6) is -0.0112. The van der Waals surface area contributed by atoms with Crippen LogP contribution in [0.25, 0.3) is 28.2 Å². The van der Waals surface area contributed by atoms with Crippen LogP contribution in [-0.4, -0.2) is 40.2 Å². The van der Waals surface area contributed by atoms with E-state index in [0.29, 0.717) is 6.92 Å². The number of hydrogen-bond acceptors (Lipinski definition) is 6. The average Bonchev–Trinajstić information content (AvgIpc) is 3.17. The fourth-order valence-electron chi connectivity index (χ4n) is 3.48. The van der Waals surface area contributed by atoms with Gasteiger partial charge in [0.05, 0.1) is 28.0 Å². The number of pyridine rings is 1. The minimum absolute atomic E-state index is 0.0112. The molecule has 1 unspecified atom stereocenters.